The van der Waals surface area contributed by atoms with Gasteiger partial charge in [0.05, 0.1) is 0 Å². The van der Waals surface area contributed by atoms with Crippen LogP contribution in [0.5, 0.6) is 0 Å². The standard InChI is InChI=1S/C23H25F4N7O/c24-17-1-3-18(4-2-17)33-10-7-15(14-33)13-28-21(35)16-8-11-32(12-9-16)20-6-5-19-29-30-22(23(25,26)27)34(19)31-20/h1-6,15-16H,7-14H2,(H,28,35). The van der Waals surface area contributed by atoms with Crippen LogP contribution in [-0.4, -0.2) is 58.4 Å². The average Bonchev–Trinajstić information content (AvgIpc) is 3.50. The quantitative estimate of drug-likeness (QED) is 0.553. The van der Waals surface area contributed by atoms with E-state index in [2.05, 4.69) is 25.5 Å². The molecule has 1 atom stereocenters. The van der Waals surface area contributed by atoms with Crippen molar-refractivity contribution in [1.82, 2.24) is 25.1 Å². The summed E-state index contributed by atoms with van der Waals surface area (Å²) in [4.78, 5) is 16.8. The fourth-order valence-corrected chi connectivity index (χ4v) is 4.77. The van der Waals surface area contributed by atoms with E-state index in [0.717, 1.165) is 25.2 Å². The second-order valence-corrected chi connectivity index (χ2v) is 9.07. The number of nitrogens with zero attached hydrogens (tertiary/aromatic N) is 6. The van der Waals surface area contributed by atoms with Gasteiger partial charge in [-0.1, -0.05) is 0 Å². The molecule has 2 fully saturated rings. The minimum atomic E-state index is -4.65. The summed E-state index contributed by atoms with van der Waals surface area (Å²) < 4.78 is 53.3. The van der Waals surface area contributed by atoms with E-state index in [1.165, 1.54) is 18.2 Å². The number of hydrogen-bond donors (Lipinski definition) is 1. The van der Waals surface area contributed by atoms with Crippen molar-refractivity contribution in [1.29, 1.82) is 0 Å². The number of anilines is 2. The van der Waals surface area contributed by atoms with Crippen LogP contribution in [0.2, 0.25) is 0 Å². The van der Waals surface area contributed by atoms with Gasteiger partial charge in [-0.15, -0.1) is 15.3 Å². The van der Waals surface area contributed by atoms with Crippen LogP contribution in [0.4, 0.5) is 29.1 Å². The van der Waals surface area contributed by atoms with Crippen molar-refractivity contribution in [3.05, 3.63) is 48.0 Å². The van der Waals surface area contributed by atoms with Gasteiger partial charge in [0, 0.05) is 44.3 Å². The normalized spacial score (nSPS) is 19.5. The zero-order valence-corrected chi connectivity index (χ0v) is 18.9. The topological polar surface area (TPSA) is 78.7 Å². The number of carbonyl (C=O) groups is 1. The highest BCUT2D eigenvalue weighted by molar-refractivity contribution is 5.79. The maximum atomic E-state index is 13.1. The van der Waals surface area contributed by atoms with Crippen molar-refractivity contribution < 1.29 is 22.4 Å². The summed E-state index contributed by atoms with van der Waals surface area (Å²) in [5, 5.41) is 13.9. The van der Waals surface area contributed by atoms with Gasteiger partial charge in [0.2, 0.25) is 5.91 Å². The first kappa shape index (κ1) is 23.3. The zero-order valence-electron chi connectivity index (χ0n) is 18.9. The van der Waals surface area contributed by atoms with E-state index < -0.39 is 12.0 Å². The second-order valence-electron chi connectivity index (χ2n) is 9.07. The molecule has 5 rings (SSSR count). The van der Waals surface area contributed by atoms with Crippen LogP contribution >= 0.6 is 0 Å². The lowest BCUT2D eigenvalue weighted by Crippen LogP contribution is -2.42. The van der Waals surface area contributed by atoms with Gasteiger partial charge in [-0.2, -0.15) is 17.7 Å². The van der Waals surface area contributed by atoms with Crippen molar-refractivity contribution in [2.24, 2.45) is 11.8 Å². The van der Waals surface area contributed by atoms with Gasteiger partial charge in [-0.3, -0.25) is 4.79 Å². The third-order valence-corrected chi connectivity index (χ3v) is 6.73. The largest absolute Gasteiger partial charge is 0.453 e. The number of aromatic nitrogens is 4. The molecule has 0 spiro atoms. The minimum absolute atomic E-state index is 0.00598. The molecule has 2 aromatic heterocycles. The maximum absolute atomic E-state index is 13.1. The van der Waals surface area contributed by atoms with E-state index in [1.54, 1.807) is 18.2 Å². The van der Waals surface area contributed by atoms with Crippen LogP contribution in [0, 0.1) is 17.7 Å². The Hall–Kier alpha value is -3.44. The molecule has 2 aliphatic rings. The van der Waals surface area contributed by atoms with Gasteiger partial charge in [-0.05, 0) is 61.6 Å². The highest BCUT2D eigenvalue weighted by Crippen LogP contribution is 2.29. The van der Waals surface area contributed by atoms with Gasteiger partial charge in [0.15, 0.2) is 5.65 Å². The number of amides is 1. The van der Waals surface area contributed by atoms with Crippen molar-refractivity contribution in [3.63, 3.8) is 0 Å². The number of fused-ring (bicyclic) bond motifs is 1. The number of carbonyl (C=O) groups excluding carboxylic acids is 1. The lowest BCUT2D eigenvalue weighted by atomic mass is 9.95. The second kappa shape index (κ2) is 9.31. The smallest absolute Gasteiger partial charge is 0.371 e. The molecular weight excluding hydrogens is 466 g/mol. The monoisotopic (exact) mass is 491 g/mol. The van der Waals surface area contributed by atoms with Crippen molar-refractivity contribution in [3.8, 4) is 0 Å². The SMILES string of the molecule is O=C(NCC1CCN(c2ccc(F)cc2)C1)C1CCN(c2ccc3nnc(C(F)(F)F)n3n2)CC1. The number of rotatable bonds is 5. The van der Waals surface area contributed by atoms with Gasteiger partial charge in [0.25, 0.3) is 5.82 Å². The fraction of sp³-hybridized carbons (Fsp3) is 0.478. The Morgan fingerprint density at radius 2 is 1.69 bits per heavy atom. The molecule has 12 heteroatoms. The predicted molar refractivity (Wildman–Crippen MR) is 120 cm³/mol. The Morgan fingerprint density at radius 3 is 2.40 bits per heavy atom. The number of benzene rings is 1. The molecule has 0 radical (unpaired) electrons. The lowest BCUT2D eigenvalue weighted by Gasteiger charge is -2.32. The van der Waals surface area contributed by atoms with Crippen molar-refractivity contribution >= 4 is 23.1 Å². The van der Waals surface area contributed by atoms with Crippen LogP contribution in [0.1, 0.15) is 25.1 Å². The summed E-state index contributed by atoms with van der Waals surface area (Å²) in [5.41, 5.74) is 1.01. The molecule has 0 bridgehead atoms. The molecule has 0 aliphatic carbocycles. The number of nitrogens with one attached hydrogen (secondary N) is 1. The van der Waals surface area contributed by atoms with Crippen LogP contribution in [0.3, 0.4) is 0 Å². The molecule has 1 N–H and O–H groups in total. The van der Waals surface area contributed by atoms with E-state index in [9.17, 15) is 22.4 Å². The summed E-state index contributed by atoms with van der Waals surface area (Å²) >= 11 is 0. The first-order valence-corrected chi connectivity index (χ1v) is 11.6. The average molecular weight is 491 g/mol. The molecule has 3 aromatic rings. The van der Waals surface area contributed by atoms with Crippen LogP contribution in [0.15, 0.2) is 36.4 Å². The molecule has 1 amide bonds. The molecule has 1 aromatic carbocycles. The van der Waals surface area contributed by atoms with E-state index in [4.69, 9.17) is 0 Å². The first-order chi connectivity index (χ1) is 16.8. The summed E-state index contributed by atoms with van der Waals surface area (Å²) in [6.45, 7) is 3.29. The van der Waals surface area contributed by atoms with Crippen molar-refractivity contribution in [2.75, 3.05) is 42.5 Å². The molecular formula is C23H25F4N7O. The van der Waals surface area contributed by atoms with E-state index >= 15 is 0 Å². The Labute approximate surface area is 198 Å². The minimum Gasteiger partial charge on any atom is -0.371 e. The lowest BCUT2D eigenvalue weighted by molar-refractivity contribution is -0.146. The number of hydrogen-bond acceptors (Lipinski definition) is 6. The third kappa shape index (κ3) is 5.01. The Balaban J connectivity index is 1.12. The fourth-order valence-electron chi connectivity index (χ4n) is 4.77. The van der Waals surface area contributed by atoms with Gasteiger partial charge >= 0.3 is 6.18 Å². The summed E-state index contributed by atoms with van der Waals surface area (Å²) in [5.74, 6) is -0.839. The summed E-state index contributed by atoms with van der Waals surface area (Å²) in [7, 11) is 0. The molecule has 0 saturated carbocycles. The number of halogens is 4. The molecule has 2 saturated heterocycles. The Morgan fingerprint density at radius 1 is 0.971 bits per heavy atom. The summed E-state index contributed by atoms with van der Waals surface area (Å²) in [6, 6.07) is 9.52. The third-order valence-electron chi connectivity index (χ3n) is 6.73. The Bertz CT molecular complexity index is 1190. The highest BCUT2D eigenvalue weighted by Gasteiger charge is 2.38. The molecule has 186 valence electrons. The van der Waals surface area contributed by atoms with Crippen LogP contribution in [0.25, 0.3) is 5.65 Å². The predicted octanol–water partition coefficient (Wildman–Crippen LogP) is 3.14. The maximum Gasteiger partial charge on any atom is 0.453 e. The molecule has 4 heterocycles. The van der Waals surface area contributed by atoms with Gasteiger partial charge in [-0.25, -0.2) is 4.39 Å². The first-order valence-electron chi connectivity index (χ1n) is 11.6. The zero-order chi connectivity index (χ0) is 24.6. The number of alkyl halides is 3. The van der Waals surface area contributed by atoms with Crippen LogP contribution < -0.4 is 15.1 Å². The van der Waals surface area contributed by atoms with Crippen molar-refractivity contribution in [2.45, 2.75) is 25.4 Å². The summed E-state index contributed by atoms with van der Waals surface area (Å²) in [6.07, 6.45) is -2.52. The van der Waals surface area contributed by atoms with Crippen LogP contribution in [-0.2, 0) is 11.0 Å². The molecule has 35 heavy (non-hydrogen) atoms. The number of piperidine rings is 1. The van der Waals surface area contributed by atoms with Gasteiger partial charge in [0.1, 0.15) is 11.6 Å². The molecule has 1 unspecified atom stereocenters. The molecule has 2 aliphatic heterocycles. The van der Waals surface area contributed by atoms with E-state index in [0.29, 0.717) is 48.7 Å². The molecule has 8 nitrogen and oxygen atoms in total. The highest BCUT2D eigenvalue weighted by atomic mass is 19.4. The van der Waals surface area contributed by atoms with E-state index in [1.807, 2.05) is 4.90 Å². The van der Waals surface area contributed by atoms with E-state index in [-0.39, 0.29) is 23.3 Å². The van der Waals surface area contributed by atoms with Gasteiger partial charge < -0.3 is 15.1 Å². The Kier molecular flexibility index (Phi) is 6.20.